The first-order valence-corrected chi connectivity index (χ1v) is 7.44. The molecule has 6 nitrogen and oxygen atoms in total. The van der Waals surface area contributed by atoms with Crippen LogP contribution in [0.4, 0.5) is 4.79 Å². The van der Waals surface area contributed by atoms with Crippen molar-refractivity contribution in [1.29, 1.82) is 0 Å². The van der Waals surface area contributed by atoms with Crippen molar-refractivity contribution in [3.63, 3.8) is 0 Å². The van der Waals surface area contributed by atoms with E-state index >= 15 is 0 Å². The maximum absolute atomic E-state index is 11.5. The largest absolute Gasteiger partial charge is 0.452 e. The number of amides is 3. The quantitative estimate of drug-likeness (QED) is 0.626. The van der Waals surface area contributed by atoms with Crippen LogP contribution < -0.4 is 10.6 Å². The van der Waals surface area contributed by atoms with Gasteiger partial charge in [-0.3, -0.25) is 10.1 Å². The second kappa shape index (κ2) is 9.17. The molecule has 1 aromatic carbocycles. The molecule has 0 spiro atoms. The number of benzene rings is 1. The van der Waals surface area contributed by atoms with Crippen molar-refractivity contribution < 1.29 is 19.1 Å². The molecule has 0 fully saturated rings. The van der Waals surface area contributed by atoms with Crippen molar-refractivity contribution in [1.82, 2.24) is 10.6 Å². The monoisotopic (exact) mass is 358 g/mol. The lowest BCUT2D eigenvalue weighted by Crippen LogP contribution is -2.43. The molecule has 0 aliphatic rings. The summed E-state index contributed by atoms with van der Waals surface area (Å²) in [6, 6.07) is 4.15. The topological polar surface area (TPSA) is 84.5 Å². The van der Waals surface area contributed by atoms with E-state index in [1.807, 2.05) is 5.32 Å². The van der Waals surface area contributed by atoms with Crippen molar-refractivity contribution in [3.8, 4) is 0 Å². The lowest BCUT2D eigenvalue weighted by Gasteiger charge is -2.08. The fraction of sp³-hybridized carbons (Fsp3) is 0.267. The Labute approximate surface area is 143 Å². The molecular weight excluding hydrogens is 343 g/mol. The van der Waals surface area contributed by atoms with Gasteiger partial charge in [0.25, 0.3) is 5.91 Å². The molecule has 8 heteroatoms. The van der Waals surface area contributed by atoms with Crippen LogP contribution in [-0.4, -0.2) is 30.6 Å². The Kier molecular flexibility index (Phi) is 7.57. The van der Waals surface area contributed by atoms with Crippen LogP contribution in [0, 0.1) is 0 Å². The number of esters is 1. The van der Waals surface area contributed by atoms with Gasteiger partial charge in [0.15, 0.2) is 6.61 Å². The van der Waals surface area contributed by atoms with Crippen LogP contribution in [0.1, 0.15) is 19.4 Å². The summed E-state index contributed by atoms with van der Waals surface area (Å²) in [5.74, 6) is -1.50. The third-order valence-electron chi connectivity index (χ3n) is 2.40. The second-order valence-electron chi connectivity index (χ2n) is 4.75. The van der Waals surface area contributed by atoms with E-state index in [9.17, 15) is 14.4 Å². The minimum absolute atomic E-state index is 0.117. The van der Waals surface area contributed by atoms with Gasteiger partial charge in [0.05, 0.1) is 0 Å². The zero-order chi connectivity index (χ0) is 17.4. The summed E-state index contributed by atoms with van der Waals surface area (Å²) in [7, 11) is 0. The number of ether oxygens (including phenoxy) is 1. The molecule has 3 amide bonds. The maximum Gasteiger partial charge on any atom is 0.331 e. The number of hydrogen-bond donors (Lipinski definition) is 2. The fourth-order valence-electron chi connectivity index (χ4n) is 1.47. The van der Waals surface area contributed by atoms with Crippen molar-refractivity contribution in [2.24, 2.45) is 0 Å². The molecule has 0 saturated carbocycles. The van der Waals surface area contributed by atoms with E-state index in [1.165, 1.54) is 6.08 Å². The number of hydrogen-bond acceptors (Lipinski definition) is 4. The zero-order valence-corrected chi connectivity index (χ0v) is 14.1. The summed E-state index contributed by atoms with van der Waals surface area (Å²) in [6.07, 6.45) is 2.48. The van der Waals surface area contributed by atoms with Crippen LogP contribution in [0.5, 0.6) is 0 Å². The van der Waals surface area contributed by atoms with E-state index in [1.54, 1.807) is 32.0 Å². The minimum atomic E-state index is -0.764. The van der Waals surface area contributed by atoms with Crippen molar-refractivity contribution in [3.05, 3.63) is 39.9 Å². The molecule has 0 heterocycles. The number of rotatable bonds is 5. The average Bonchev–Trinajstić information content (AvgIpc) is 2.43. The van der Waals surface area contributed by atoms with Crippen LogP contribution in [0.3, 0.4) is 0 Å². The molecule has 0 aliphatic heterocycles. The minimum Gasteiger partial charge on any atom is -0.452 e. The first kappa shape index (κ1) is 19.0. The lowest BCUT2D eigenvalue weighted by atomic mass is 10.2. The highest BCUT2D eigenvalue weighted by atomic mass is 35.5. The Bertz CT molecular complexity index is 610. The van der Waals surface area contributed by atoms with Crippen LogP contribution in [0.2, 0.25) is 10.0 Å². The first-order valence-electron chi connectivity index (χ1n) is 6.68. The van der Waals surface area contributed by atoms with Crippen molar-refractivity contribution in [2.75, 3.05) is 6.61 Å². The highest BCUT2D eigenvalue weighted by Gasteiger charge is 2.10. The third kappa shape index (κ3) is 7.17. The van der Waals surface area contributed by atoms with Gasteiger partial charge >= 0.3 is 12.0 Å². The molecular formula is C15H16Cl2N2O4. The molecule has 0 atom stereocenters. The number of halogens is 2. The summed E-state index contributed by atoms with van der Waals surface area (Å²) < 4.78 is 4.71. The predicted octanol–water partition coefficient (Wildman–Crippen LogP) is 2.78. The molecule has 0 aromatic heterocycles. The van der Waals surface area contributed by atoms with Gasteiger partial charge in [0, 0.05) is 27.7 Å². The SMILES string of the molecule is CC(C)NC(=O)NC(=O)COC(=O)/C=C/c1c(Cl)cccc1Cl. The molecule has 1 rings (SSSR count). The Morgan fingerprint density at radius 1 is 1.22 bits per heavy atom. The van der Waals surface area contributed by atoms with Crippen LogP contribution in [0.25, 0.3) is 6.08 Å². The molecule has 0 aliphatic carbocycles. The summed E-state index contributed by atoms with van der Waals surface area (Å²) >= 11 is 11.9. The second-order valence-corrected chi connectivity index (χ2v) is 5.57. The van der Waals surface area contributed by atoms with Crippen molar-refractivity contribution in [2.45, 2.75) is 19.9 Å². The normalized spacial score (nSPS) is 10.7. The van der Waals surface area contributed by atoms with Gasteiger partial charge < -0.3 is 10.1 Å². The average molecular weight is 359 g/mol. The molecule has 0 saturated heterocycles. The maximum atomic E-state index is 11.5. The van der Waals surface area contributed by atoms with E-state index in [0.717, 1.165) is 6.08 Å². The number of urea groups is 1. The third-order valence-corrected chi connectivity index (χ3v) is 3.06. The fourth-order valence-corrected chi connectivity index (χ4v) is 1.99. The number of carbonyl (C=O) groups is 3. The van der Waals surface area contributed by atoms with E-state index in [-0.39, 0.29) is 6.04 Å². The Balaban J connectivity index is 2.47. The highest BCUT2D eigenvalue weighted by molar-refractivity contribution is 6.37. The zero-order valence-electron chi connectivity index (χ0n) is 12.6. The van der Waals surface area contributed by atoms with Crippen molar-refractivity contribution >= 4 is 47.2 Å². The van der Waals surface area contributed by atoms with Gasteiger partial charge in [0.2, 0.25) is 0 Å². The summed E-state index contributed by atoms with van der Waals surface area (Å²) in [5, 5.41) is 5.25. The van der Waals surface area contributed by atoms with E-state index in [4.69, 9.17) is 27.9 Å². The number of carbonyl (C=O) groups excluding carboxylic acids is 3. The van der Waals surface area contributed by atoms with Gasteiger partial charge in [-0.15, -0.1) is 0 Å². The van der Waals surface area contributed by atoms with Crippen LogP contribution in [-0.2, 0) is 14.3 Å². The smallest absolute Gasteiger partial charge is 0.331 e. The predicted molar refractivity (Wildman–Crippen MR) is 88.3 cm³/mol. The van der Waals surface area contributed by atoms with Gasteiger partial charge in [-0.25, -0.2) is 9.59 Å². The van der Waals surface area contributed by atoms with Gasteiger partial charge in [-0.1, -0.05) is 29.3 Å². The summed E-state index contributed by atoms with van der Waals surface area (Å²) in [5.41, 5.74) is 0.466. The molecule has 0 radical (unpaired) electrons. The molecule has 2 N–H and O–H groups in total. The van der Waals surface area contributed by atoms with E-state index in [2.05, 4.69) is 5.32 Å². The van der Waals surface area contributed by atoms with Gasteiger partial charge in [-0.2, -0.15) is 0 Å². The summed E-state index contributed by atoms with van der Waals surface area (Å²) in [6.45, 7) is 2.91. The molecule has 124 valence electrons. The standard InChI is InChI=1S/C15H16Cl2N2O4/c1-9(2)18-15(22)19-13(20)8-23-14(21)7-6-10-11(16)4-3-5-12(10)17/h3-7,9H,8H2,1-2H3,(H2,18,19,20,22)/b7-6+. The van der Waals surface area contributed by atoms with Gasteiger partial charge in [0.1, 0.15) is 0 Å². The Hall–Kier alpha value is -2.05. The van der Waals surface area contributed by atoms with Gasteiger partial charge in [-0.05, 0) is 32.1 Å². The number of imide groups is 1. The van der Waals surface area contributed by atoms with E-state index < -0.39 is 24.5 Å². The van der Waals surface area contributed by atoms with Crippen LogP contribution in [0.15, 0.2) is 24.3 Å². The first-order chi connectivity index (χ1) is 10.8. The van der Waals surface area contributed by atoms with E-state index in [0.29, 0.717) is 15.6 Å². The Morgan fingerprint density at radius 3 is 2.39 bits per heavy atom. The highest BCUT2D eigenvalue weighted by Crippen LogP contribution is 2.25. The lowest BCUT2D eigenvalue weighted by molar-refractivity contribution is -0.143. The Morgan fingerprint density at radius 2 is 1.83 bits per heavy atom. The number of nitrogens with one attached hydrogen (secondary N) is 2. The summed E-state index contributed by atoms with van der Waals surface area (Å²) in [4.78, 5) is 34.2. The molecule has 0 unspecified atom stereocenters. The molecule has 23 heavy (non-hydrogen) atoms. The molecule has 0 bridgehead atoms. The molecule has 1 aromatic rings. The van der Waals surface area contributed by atoms with Crippen LogP contribution >= 0.6 is 23.2 Å².